The molecule has 0 bridgehead atoms. The van der Waals surface area contributed by atoms with Gasteiger partial charge < -0.3 is 10.6 Å². The van der Waals surface area contributed by atoms with Gasteiger partial charge in [0.15, 0.2) is 0 Å². The summed E-state index contributed by atoms with van der Waals surface area (Å²) in [6.07, 6.45) is 7.83. The van der Waals surface area contributed by atoms with E-state index >= 15 is 0 Å². The predicted octanol–water partition coefficient (Wildman–Crippen LogP) is 3.98. The Balaban J connectivity index is 1.67. The van der Waals surface area contributed by atoms with Gasteiger partial charge in [-0.05, 0) is 63.6 Å². The first-order valence-corrected chi connectivity index (χ1v) is 8.17. The van der Waals surface area contributed by atoms with E-state index in [0.717, 1.165) is 18.4 Å². The maximum absolute atomic E-state index is 6.26. The van der Waals surface area contributed by atoms with Crippen LogP contribution in [-0.2, 0) is 0 Å². The molecule has 112 valence electrons. The average molecular weight is 274 g/mol. The minimum atomic E-state index is 0.191. The van der Waals surface area contributed by atoms with Crippen LogP contribution in [0.15, 0.2) is 30.3 Å². The fraction of sp³-hybridized carbons (Fsp3) is 0.667. The minimum Gasteiger partial charge on any atom is -0.324 e. The molecule has 0 amide bonds. The van der Waals surface area contributed by atoms with Crippen LogP contribution in [-0.4, -0.2) is 24.5 Å². The van der Waals surface area contributed by atoms with Crippen LogP contribution < -0.4 is 5.73 Å². The third kappa shape index (κ3) is 4.60. The van der Waals surface area contributed by atoms with Gasteiger partial charge in [0.05, 0.1) is 0 Å². The van der Waals surface area contributed by atoms with Crippen molar-refractivity contribution >= 4 is 0 Å². The molecule has 1 atom stereocenters. The quantitative estimate of drug-likeness (QED) is 0.850. The van der Waals surface area contributed by atoms with E-state index in [9.17, 15) is 0 Å². The molecule has 1 saturated carbocycles. The molecule has 0 radical (unpaired) electrons. The average Bonchev–Trinajstić information content (AvgIpc) is 2.48. The van der Waals surface area contributed by atoms with Crippen LogP contribution in [0.2, 0.25) is 0 Å². The highest BCUT2D eigenvalue weighted by Crippen LogP contribution is 2.26. The Bertz CT molecular complexity index is 368. The number of rotatable bonds is 6. The standard InChI is InChI=1S/C18H30N2/c1-15-10-12-17(13-11-15)20(2)14-6-9-18(19)16-7-4-3-5-8-16/h3-5,7-8,15,17-18H,6,9-14,19H2,1-2H3. The highest BCUT2D eigenvalue weighted by molar-refractivity contribution is 5.18. The molecular formula is C18H30N2. The van der Waals surface area contributed by atoms with Gasteiger partial charge in [-0.1, -0.05) is 37.3 Å². The van der Waals surface area contributed by atoms with Crippen LogP contribution in [0.1, 0.15) is 57.1 Å². The first-order valence-electron chi connectivity index (χ1n) is 8.17. The zero-order valence-electron chi connectivity index (χ0n) is 13.1. The lowest BCUT2D eigenvalue weighted by molar-refractivity contribution is 0.167. The van der Waals surface area contributed by atoms with E-state index in [2.05, 4.69) is 43.1 Å². The van der Waals surface area contributed by atoms with E-state index in [1.165, 1.54) is 44.2 Å². The zero-order valence-corrected chi connectivity index (χ0v) is 13.1. The molecule has 0 spiro atoms. The molecule has 1 aromatic carbocycles. The van der Waals surface area contributed by atoms with Crippen LogP contribution in [0.25, 0.3) is 0 Å². The Morgan fingerprint density at radius 1 is 1.15 bits per heavy atom. The zero-order chi connectivity index (χ0) is 14.4. The summed E-state index contributed by atoms with van der Waals surface area (Å²) < 4.78 is 0. The summed E-state index contributed by atoms with van der Waals surface area (Å²) in [5, 5.41) is 0. The predicted molar refractivity (Wildman–Crippen MR) is 86.7 cm³/mol. The Morgan fingerprint density at radius 2 is 1.80 bits per heavy atom. The lowest BCUT2D eigenvalue weighted by Gasteiger charge is -2.33. The molecule has 2 heteroatoms. The summed E-state index contributed by atoms with van der Waals surface area (Å²) in [6.45, 7) is 3.56. The molecule has 2 rings (SSSR count). The molecule has 2 nitrogen and oxygen atoms in total. The summed E-state index contributed by atoms with van der Waals surface area (Å²) in [7, 11) is 2.29. The number of hydrogen-bond acceptors (Lipinski definition) is 2. The number of nitrogens with zero attached hydrogens (tertiary/aromatic N) is 1. The molecule has 1 fully saturated rings. The molecule has 2 N–H and O–H groups in total. The van der Waals surface area contributed by atoms with E-state index in [1.54, 1.807) is 0 Å². The number of benzene rings is 1. The Kier molecular flexibility index (Phi) is 6.06. The van der Waals surface area contributed by atoms with Crippen molar-refractivity contribution < 1.29 is 0 Å². The van der Waals surface area contributed by atoms with Gasteiger partial charge in [-0.2, -0.15) is 0 Å². The fourth-order valence-electron chi connectivity index (χ4n) is 3.29. The molecule has 0 saturated heterocycles. The largest absolute Gasteiger partial charge is 0.324 e. The summed E-state index contributed by atoms with van der Waals surface area (Å²) in [5.41, 5.74) is 7.52. The number of hydrogen-bond donors (Lipinski definition) is 1. The van der Waals surface area contributed by atoms with Crippen molar-refractivity contribution in [1.82, 2.24) is 4.90 Å². The highest BCUT2D eigenvalue weighted by atomic mass is 15.1. The van der Waals surface area contributed by atoms with E-state index in [0.29, 0.717) is 0 Å². The van der Waals surface area contributed by atoms with Gasteiger partial charge in [0.1, 0.15) is 0 Å². The van der Waals surface area contributed by atoms with Crippen molar-refractivity contribution in [2.24, 2.45) is 11.7 Å². The van der Waals surface area contributed by atoms with Gasteiger partial charge >= 0.3 is 0 Å². The molecule has 0 aliphatic heterocycles. The van der Waals surface area contributed by atoms with Crippen LogP contribution in [0.3, 0.4) is 0 Å². The van der Waals surface area contributed by atoms with Gasteiger partial charge in [-0.15, -0.1) is 0 Å². The summed E-state index contributed by atoms with van der Waals surface area (Å²) >= 11 is 0. The highest BCUT2D eigenvalue weighted by Gasteiger charge is 2.21. The van der Waals surface area contributed by atoms with Crippen molar-refractivity contribution in [3.63, 3.8) is 0 Å². The molecule has 0 aromatic heterocycles. The first-order chi connectivity index (χ1) is 9.66. The topological polar surface area (TPSA) is 29.3 Å². The van der Waals surface area contributed by atoms with Gasteiger partial charge in [-0.3, -0.25) is 0 Å². The maximum Gasteiger partial charge on any atom is 0.0295 e. The van der Waals surface area contributed by atoms with Crippen molar-refractivity contribution in [3.05, 3.63) is 35.9 Å². The first kappa shape index (κ1) is 15.5. The Morgan fingerprint density at radius 3 is 2.45 bits per heavy atom. The molecule has 1 unspecified atom stereocenters. The monoisotopic (exact) mass is 274 g/mol. The van der Waals surface area contributed by atoms with E-state index in [-0.39, 0.29) is 6.04 Å². The maximum atomic E-state index is 6.26. The van der Waals surface area contributed by atoms with Crippen LogP contribution in [0.4, 0.5) is 0 Å². The Labute approximate surface area is 124 Å². The molecular weight excluding hydrogens is 244 g/mol. The lowest BCUT2D eigenvalue weighted by atomic mass is 9.86. The van der Waals surface area contributed by atoms with E-state index in [1.807, 2.05) is 6.07 Å². The summed E-state index contributed by atoms with van der Waals surface area (Å²) in [5.74, 6) is 0.936. The molecule has 1 aromatic rings. The van der Waals surface area contributed by atoms with Crippen molar-refractivity contribution in [2.45, 2.75) is 57.5 Å². The van der Waals surface area contributed by atoms with Crippen molar-refractivity contribution in [3.8, 4) is 0 Å². The third-order valence-electron chi connectivity index (χ3n) is 4.86. The second-order valence-corrected chi connectivity index (χ2v) is 6.55. The van der Waals surface area contributed by atoms with E-state index < -0.39 is 0 Å². The van der Waals surface area contributed by atoms with Crippen molar-refractivity contribution in [1.29, 1.82) is 0 Å². The van der Waals surface area contributed by atoms with Crippen LogP contribution in [0, 0.1) is 5.92 Å². The second kappa shape index (κ2) is 7.80. The molecule has 0 heterocycles. The summed E-state index contributed by atoms with van der Waals surface area (Å²) in [4.78, 5) is 2.56. The van der Waals surface area contributed by atoms with Gasteiger partial charge in [-0.25, -0.2) is 0 Å². The molecule has 20 heavy (non-hydrogen) atoms. The van der Waals surface area contributed by atoms with Crippen molar-refractivity contribution in [2.75, 3.05) is 13.6 Å². The van der Waals surface area contributed by atoms with Gasteiger partial charge in [0, 0.05) is 12.1 Å². The van der Waals surface area contributed by atoms with Gasteiger partial charge in [0.25, 0.3) is 0 Å². The normalized spacial score (nSPS) is 24.8. The third-order valence-corrected chi connectivity index (χ3v) is 4.86. The molecule has 1 aliphatic carbocycles. The molecule has 1 aliphatic rings. The smallest absolute Gasteiger partial charge is 0.0295 e. The second-order valence-electron chi connectivity index (χ2n) is 6.55. The number of nitrogens with two attached hydrogens (primary N) is 1. The van der Waals surface area contributed by atoms with Crippen LogP contribution in [0.5, 0.6) is 0 Å². The Hall–Kier alpha value is -0.860. The van der Waals surface area contributed by atoms with Crippen LogP contribution >= 0.6 is 0 Å². The lowest BCUT2D eigenvalue weighted by Crippen LogP contribution is -2.35. The summed E-state index contributed by atoms with van der Waals surface area (Å²) in [6, 6.07) is 11.5. The minimum absolute atomic E-state index is 0.191. The fourth-order valence-corrected chi connectivity index (χ4v) is 3.29. The van der Waals surface area contributed by atoms with Gasteiger partial charge in [0.2, 0.25) is 0 Å². The van der Waals surface area contributed by atoms with E-state index in [4.69, 9.17) is 5.73 Å². The SMILES string of the molecule is CC1CCC(N(C)CCCC(N)c2ccccc2)CC1.